The van der Waals surface area contributed by atoms with Gasteiger partial charge in [0.1, 0.15) is 0 Å². The minimum Gasteiger partial charge on any atom is -0.267 e. The molecule has 0 unspecified atom stereocenters. The number of hydrogen-bond donors (Lipinski definition) is 1. The van der Waals surface area contributed by atoms with Gasteiger partial charge in [-0.1, -0.05) is 15.1 Å². The van der Waals surface area contributed by atoms with Crippen LogP contribution in [-0.2, 0) is 10.3 Å². The molecule has 7 nitrogen and oxygen atoms in total. The van der Waals surface area contributed by atoms with Gasteiger partial charge in [-0.25, -0.2) is 0 Å². The second kappa shape index (κ2) is 3.79. The Hall–Kier alpha value is -1.74. The summed E-state index contributed by atoms with van der Waals surface area (Å²) >= 11 is 0. The van der Waals surface area contributed by atoms with Gasteiger partial charge in [0, 0.05) is 12.1 Å². The van der Waals surface area contributed by atoms with Crippen molar-refractivity contribution in [1.29, 1.82) is 0 Å². The number of anilines is 1. The number of nitro groups is 1. The van der Waals surface area contributed by atoms with Crippen LogP contribution in [0.5, 0.6) is 0 Å². The zero-order valence-electron chi connectivity index (χ0n) is 7.07. The Labute approximate surface area is 83.7 Å². The van der Waals surface area contributed by atoms with E-state index in [1.807, 2.05) is 0 Å². The summed E-state index contributed by atoms with van der Waals surface area (Å²) in [6.45, 7) is 0. The fourth-order valence-corrected chi connectivity index (χ4v) is 1.23. The van der Waals surface area contributed by atoms with Crippen LogP contribution in [0.4, 0.5) is 15.9 Å². The van der Waals surface area contributed by atoms with Gasteiger partial charge in [-0.05, 0) is 6.07 Å². The smallest absolute Gasteiger partial charge is 0.267 e. The van der Waals surface area contributed by atoms with Gasteiger partial charge in [-0.3, -0.25) is 14.7 Å². The highest BCUT2D eigenvalue weighted by Crippen LogP contribution is 2.22. The van der Waals surface area contributed by atoms with Gasteiger partial charge in [0.05, 0.1) is 10.6 Å². The molecule has 0 aliphatic carbocycles. The molecule has 0 saturated carbocycles. The van der Waals surface area contributed by atoms with Crippen molar-refractivity contribution < 1.29 is 22.4 Å². The van der Waals surface area contributed by atoms with Crippen molar-refractivity contribution in [2.24, 2.45) is 0 Å². The largest absolute Gasteiger partial charge is 0.386 e. The lowest BCUT2D eigenvalue weighted by Gasteiger charge is -2.08. The molecule has 0 aromatic heterocycles. The maximum Gasteiger partial charge on any atom is 0.386 e. The molecule has 9 heteroatoms. The van der Waals surface area contributed by atoms with E-state index >= 15 is 0 Å². The Morgan fingerprint density at radius 1 is 1.47 bits per heavy atom. The molecule has 0 heterocycles. The molecule has 1 aromatic carbocycles. The van der Waals surface area contributed by atoms with E-state index in [0.717, 1.165) is 18.2 Å². The molecule has 82 valence electrons. The fraction of sp³-hybridized carbons (Fsp3) is 0. The van der Waals surface area contributed by atoms with Crippen LogP contribution in [0.2, 0.25) is 0 Å². The van der Waals surface area contributed by atoms with E-state index in [9.17, 15) is 23.0 Å². The van der Waals surface area contributed by atoms with E-state index in [-0.39, 0.29) is 0 Å². The third kappa shape index (κ3) is 2.60. The molecule has 15 heavy (non-hydrogen) atoms. The SMILES string of the molecule is O=[N+]([O-])c1cccc(N(F)S(=O)(=O)O)c1. The van der Waals surface area contributed by atoms with Crippen molar-refractivity contribution in [3.05, 3.63) is 34.4 Å². The van der Waals surface area contributed by atoms with Crippen LogP contribution in [0.3, 0.4) is 0 Å². The van der Waals surface area contributed by atoms with Gasteiger partial charge in [-0.15, -0.1) is 0 Å². The lowest BCUT2D eigenvalue weighted by atomic mass is 10.3. The molecule has 0 fully saturated rings. The predicted molar refractivity (Wildman–Crippen MR) is 48.2 cm³/mol. The Bertz CT molecular complexity index is 488. The fourth-order valence-electron chi connectivity index (χ4n) is 0.849. The Morgan fingerprint density at radius 3 is 2.53 bits per heavy atom. The molecule has 0 aliphatic heterocycles. The monoisotopic (exact) mass is 236 g/mol. The predicted octanol–water partition coefficient (Wildman–Crippen LogP) is 1.09. The van der Waals surface area contributed by atoms with Crippen LogP contribution in [0.1, 0.15) is 0 Å². The van der Waals surface area contributed by atoms with Crippen LogP contribution in [0.15, 0.2) is 24.3 Å². The molecule has 0 amide bonds. The van der Waals surface area contributed by atoms with Gasteiger partial charge in [0.25, 0.3) is 5.69 Å². The standard InChI is InChI=1S/C6H5FN2O5S/c7-8(15(12,13)14)5-2-1-3-6(4-5)9(10)11/h1-4H,(H,12,13,14). The van der Waals surface area contributed by atoms with Gasteiger partial charge >= 0.3 is 10.3 Å². The highest BCUT2D eigenvalue weighted by Gasteiger charge is 2.21. The molecule has 1 aromatic rings. The number of hydrogen-bond acceptors (Lipinski definition) is 4. The second-order valence-electron chi connectivity index (χ2n) is 2.47. The summed E-state index contributed by atoms with van der Waals surface area (Å²) in [7, 11) is -5.05. The van der Waals surface area contributed by atoms with E-state index in [1.165, 1.54) is 0 Å². The van der Waals surface area contributed by atoms with E-state index < -0.39 is 31.1 Å². The van der Waals surface area contributed by atoms with Crippen LogP contribution in [0.25, 0.3) is 0 Å². The van der Waals surface area contributed by atoms with Gasteiger partial charge in [0.2, 0.25) is 0 Å². The number of non-ortho nitro benzene ring substituents is 1. The van der Waals surface area contributed by atoms with Gasteiger partial charge < -0.3 is 0 Å². The molecular formula is C6H5FN2O5S. The second-order valence-corrected chi connectivity index (χ2v) is 3.69. The third-order valence-corrected chi connectivity index (χ3v) is 2.06. The summed E-state index contributed by atoms with van der Waals surface area (Å²) in [4.78, 5) is 9.46. The van der Waals surface area contributed by atoms with Gasteiger partial charge in [0.15, 0.2) is 0 Å². The first-order valence-electron chi connectivity index (χ1n) is 3.50. The molecule has 0 radical (unpaired) electrons. The van der Waals surface area contributed by atoms with Crippen molar-refractivity contribution >= 4 is 21.7 Å². The van der Waals surface area contributed by atoms with Crippen LogP contribution < -0.4 is 4.53 Å². The van der Waals surface area contributed by atoms with E-state index in [4.69, 9.17) is 4.55 Å². The lowest BCUT2D eigenvalue weighted by molar-refractivity contribution is -0.384. The summed E-state index contributed by atoms with van der Waals surface area (Å²) in [6, 6.07) is 3.78. The van der Waals surface area contributed by atoms with Gasteiger partial charge in [-0.2, -0.15) is 8.42 Å². The maximum atomic E-state index is 12.9. The van der Waals surface area contributed by atoms with Crippen molar-refractivity contribution in [3.8, 4) is 0 Å². The minimum absolute atomic E-state index is 0.487. The van der Waals surface area contributed by atoms with Crippen molar-refractivity contribution in [3.63, 3.8) is 0 Å². The Morgan fingerprint density at radius 2 is 2.07 bits per heavy atom. The highest BCUT2D eigenvalue weighted by molar-refractivity contribution is 7.87. The lowest BCUT2D eigenvalue weighted by Crippen LogP contribution is -2.20. The number of halogens is 1. The molecule has 0 atom stereocenters. The number of rotatable bonds is 3. The molecule has 0 aliphatic rings. The first kappa shape index (κ1) is 11.3. The van der Waals surface area contributed by atoms with Crippen molar-refractivity contribution in [2.45, 2.75) is 0 Å². The Kier molecular flexibility index (Phi) is 2.86. The van der Waals surface area contributed by atoms with Crippen molar-refractivity contribution in [2.75, 3.05) is 4.53 Å². The average Bonchev–Trinajstić information content (AvgIpc) is 2.15. The van der Waals surface area contributed by atoms with Crippen molar-refractivity contribution in [1.82, 2.24) is 0 Å². The summed E-state index contributed by atoms with van der Waals surface area (Å²) in [6.07, 6.45) is 0. The summed E-state index contributed by atoms with van der Waals surface area (Å²) in [5, 5.41) is 10.3. The Balaban J connectivity index is 3.17. The number of benzene rings is 1. The minimum atomic E-state index is -5.05. The number of nitro benzene ring substituents is 1. The zero-order valence-corrected chi connectivity index (χ0v) is 7.89. The van der Waals surface area contributed by atoms with Crippen LogP contribution >= 0.6 is 0 Å². The topological polar surface area (TPSA) is 101 Å². The average molecular weight is 236 g/mol. The first-order valence-corrected chi connectivity index (χ1v) is 4.90. The van der Waals surface area contributed by atoms with Crippen LogP contribution in [-0.4, -0.2) is 17.9 Å². The summed E-state index contributed by atoms with van der Waals surface area (Å²) in [5.41, 5.74) is -1.13. The zero-order chi connectivity index (χ0) is 11.6. The summed E-state index contributed by atoms with van der Waals surface area (Å²) in [5.74, 6) is 0. The molecule has 0 saturated heterocycles. The molecule has 0 spiro atoms. The molecule has 1 rings (SSSR count). The molecule has 1 N–H and O–H groups in total. The van der Waals surface area contributed by atoms with E-state index in [0.29, 0.717) is 6.07 Å². The molecular weight excluding hydrogens is 231 g/mol. The quantitative estimate of drug-likeness (QED) is 0.366. The highest BCUT2D eigenvalue weighted by atomic mass is 32.2. The molecule has 0 bridgehead atoms. The number of nitrogens with zero attached hydrogens (tertiary/aromatic N) is 2. The maximum absolute atomic E-state index is 12.9. The first-order chi connectivity index (χ1) is 6.82. The normalized spacial score (nSPS) is 11.1. The van der Waals surface area contributed by atoms with E-state index in [1.54, 1.807) is 0 Å². The third-order valence-electron chi connectivity index (χ3n) is 1.45. The van der Waals surface area contributed by atoms with Crippen LogP contribution in [0, 0.1) is 10.1 Å². The summed E-state index contributed by atoms with van der Waals surface area (Å²) < 4.78 is 40.9. The van der Waals surface area contributed by atoms with E-state index in [2.05, 4.69) is 0 Å².